The molecule has 0 aliphatic carbocycles. The number of nitrogens with zero attached hydrogens (tertiary/aromatic N) is 2. The van der Waals surface area contributed by atoms with Crippen LogP contribution < -0.4 is 15.4 Å². The van der Waals surface area contributed by atoms with Gasteiger partial charge in [0.05, 0.1) is 6.54 Å². The van der Waals surface area contributed by atoms with Crippen molar-refractivity contribution >= 4 is 28.2 Å². The van der Waals surface area contributed by atoms with Gasteiger partial charge in [0, 0.05) is 11.1 Å². The van der Waals surface area contributed by atoms with Crippen molar-refractivity contribution in [2.24, 2.45) is 0 Å². The van der Waals surface area contributed by atoms with Gasteiger partial charge in [0.2, 0.25) is 0 Å². The number of aryl methyl sites for hydroxylation is 1. The molecule has 128 valence electrons. The van der Waals surface area contributed by atoms with Gasteiger partial charge in [-0.1, -0.05) is 24.3 Å². The van der Waals surface area contributed by atoms with Gasteiger partial charge in [0.15, 0.2) is 5.13 Å². The van der Waals surface area contributed by atoms with E-state index in [9.17, 15) is 4.79 Å². The van der Waals surface area contributed by atoms with Gasteiger partial charge in [-0.05, 0) is 31.2 Å². The standard InChI is InChI=1S/C18H18N4O2S/c1-13-6-5-9-16(20-13)22-18-21-15(12-25-18)17(23)19-10-11-24-14-7-3-2-4-8-14/h2-9,12H,10-11H2,1H3,(H,19,23)(H,20,21,22). The Balaban J connectivity index is 1.47. The van der Waals surface area contributed by atoms with Crippen molar-refractivity contribution in [1.29, 1.82) is 0 Å². The zero-order valence-electron chi connectivity index (χ0n) is 13.7. The molecule has 3 rings (SSSR count). The van der Waals surface area contributed by atoms with E-state index in [-0.39, 0.29) is 5.91 Å². The van der Waals surface area contributed by atoms with Gasteiger partial charge in [-0.15, -0.1) is 11.3 Å². The summed E-state index contributed by atoms with van der Waals surface area (Å²) in [5.74, 6) is 1.26. The smallest absolute Gasteiger partial charge is 0.270 e. The van der Waals surface area contributed by atoms with Crippen LogP contribution in [0.1, 0.15) is 16.2 Å². The fraction of sp³-hybridized carbons (Fsp3) is 0.167. The molecule has 0 saturated carbocycles. The molecule has 2 heterocycles. The number of ether oxygens (including phenoxy) is 1. The Kier molecular flexibility index (Phi) is 5.58. The topological polar surface area (TPSA) is 76.1 Å². The van der Waals surface area contributed by atoms with Crippen molar-refractivity contribution < 1.29 is 9.53 Å². The van der Waals surface area contributed by atoms with Crippen LogP contribution in [0.3, 0.4) is 0 Å². The number of anilines is 2. The summed E-state index contributed by atoms with van der Waals surface area (Å²) in [5.41, 5.74) is 1.29. The van der Waals surface area contributed by atoms with E-state index in [1.165, 1.54) is 11.3 Å². The summed E-state index contributed by atoms with van der Waals surface area (Å²) < 4.78 is 5.53. The number of carbonyl (C=O) groups is 1. The second-order valence-electron chi connectivity index (χ2n) is 5.24. The quantitative estimate of drug-likeness (QED) is 0.636. The van der Waals surface area contributed by atoms with Crippen molar-refractivity contribution in [2.75, 3.05) is 18.5 Å². The number of benzene rings is 1. The molecule has 0 fully saturated rings. The lowest BCUT2D eigenvalue weighted by molar-refractivity contribution is 0.0943. The maximum Gasteiger partial charge on any atom is 0.270 e. The number of hydrogen-bond donors (Lipinski definition) is 2. The molecule has 0 bridgehead atoms. The highest BCUT2D eigenvalue weighted by Crippen LogP contribution is 2.19. The van der Waals surface area contributed by atoms with E-state index in [0.29, 0.717) is 29.8 Å². The van der Waals surface area contributed by atoms with E-state index in [1.807, 2.05) is 55.5 Å². The van der Waals surface area contributed by atoms with Crippen LogP contribution in [-0.4, -0.2) is 29.0 Å². The Hall–Kier alpha value is -2.93. The van der Waals surface area contributed by atoms with Crippen LogP contribution in [-0.2, 0) is 0 Å². The largest absolute Gasteiger partial charge is 0.492 e. The number of pyridine rings is 1. The molecule has 0 unspecified atom stereocenters. The van der Waals surface area contributed by atoms with Gasteiger partial charge in [0.25, 0.3) is 5.91 Å². The third kappa shape index (κ3) is 5.02. The lowest BCUT2D eigenvalue weighted by Gasteiger charge is -2.06. The van der Waals surface area contributed by atoms with Gasteiger partial charge < -0.3 is 15.4 Å². The number of nitrogens with one attached hydrogen (secondary N) is 2. The summed E-state index contributed by atoms with van der Waals surface area (Å²) in [4.78, 5) is 20.7. The first-order chi connectivity index (χ1) is 12.2. The summed E-state index contributed by atoms with van der Waals surface area (Å²) in [6, 6.07) is 15.2. The van der Waals surface area contributed by atoms with E-state index in [4.69, 9.17) is 4.74 Å². The molecule has 0 radical (unpaired) electrons. The lowest BCUT2D eigenvalue weighted by Crippen LogP contribution is -2.28. The maximum absolute atomic E-state index is 12.1. The molecule has 1 aromatic carbocycles. The summed E-state index contributed by atoms with van der Waals surface area (Å²) in [5, 5.41) is 8.24. The molecule has 0 aliphatic rings. The van der Waals surface area contributed by atoms with E-state index >= 15 is 0 Å². The molecule has 25 heavy (non-hydrogen) atoms. The minimum Gasteiger partial charge on any atom is -0.492 e. The van der Waals surface area contributed by atoms with E-state index in [2.05, 4.69) is 20.6 Å². The molecule has 3 aromatic rings. The predicted molar refractivity (Wildman–Crippen MR) is 98.6 cm³/mol. The zero-order chi connectivity index (χ0) is 17.5. The van der Waals surface area contributed by atoms with Gasteiger partial charge in [-0.3, -0.25) is 4.79 Å². The Morgan fingerprint density at radius 1 is 1.12 bits per heavy atom. The first-order valence-electron chi connectivity index (χ1n) is 7.83. The van der Waals surface area contributed by atoms with Crippen molar-refractivity contribution in [3.05, 3.63) is 65.3 Å². The summed E-state index contributed by atoms with van der Waals surface area (Å²) in [6.07, 6.45) is 0. The molecular formula is C18H18N4O2S. The van der Waals surface area contributed by atoms with Gasteiger partial charge in [0.1, 0.15) is 23.9 Å². The number of para-hydroxylation sites is 1. The van der Waals surface area contributed by atoms with Crippen LogP contribution in [0.15, 0.2) is 53.9 Å². The van der Waals surface area contributed by atoms with Crippen molar-refractivity contribution in [3.8, 4) is 5.75 Å². The monoisotopic (exact) mass is 354 g/mol. The number of aromatic nitrogens is 2. The van der Waals surface area contributed by atoms with Crippen LogP contribution in [0.4, 0.5) is 10.9 Å². The molecule has 0 aliphatic heterocycles. The van der Waals surface area contributed by atoms with E-state index < -0.39 is 0 Å². The van der Waals surface area contributed by atoms with E-state index in [0.717, 1.165) is 11.4 Å². The molecule has 0 saturated heterocycles. The predicted octanol–water partition coefficient (Wildman–Crippen LogP) is 3.40. The lowest BCUT2D eigenvalue weighted by atomic mass is 10.3. The zero-order valence-corrected chi connectivity index (χ0v) is 14.5. The molecule has 1 amide bonds. The van der Waals surface area contributed by atoms with E-state index in [1.54, 1.807) is 5.38 Å². The number of carbonyl (C=O) groups excluding carboxylic acids is 1. The van der Waals surface area contributed by atoms with Crippen molar-refractivity contribution in [2.45, 2.75) is 6.92 Å². The molecule has 2 aromatic heterocycles. The molecule has 7 heteroatoms. The molecule has 0 spiro atoms. The van der Waals surface area contributed by atoms with Crippen LogP contribution in [0, 0.1) is 6.92 Å². The summed E-state index contributed by atoms with van der Waals surface area (Å²) in [7, 11) is 0. The number of rotatable bonds is 7. The molecular weight excluding hydrogens is 336 g/mol. The third-order valence-corrected chi connectivity index (χ3v) is 4.02. The fourth-order valence-corrected chi connectivity index (χ4v) is 2.80. The number of hydrogen-bond acceptors (Lipinski definition) is 6. The van der Waals surface area contributed by atoms with Crippen LogP contribution in [0.2, 0.25) is 0 Å². The molecule has 0 atom stereocenters. The van der Waals surface area contributed by atoms with Crippen molar-refractivity contribution in [1.82, 2.24) is 15.3 Å². The number of amides is 1. The third-order valence-electron chi connectivity index (χ3n) is 3.26. The first-order valence-corrected chi connectivity index (χ1v) is 8.71. The highest BCUT2D eigenvalue weighted by atomic mass is 32.1. The second-order valence-corrected chi connectivity index (χ2v) is 6.10. The summed E-state index contributed by atoms with van der Waals surface area (Å²) >= 11 is 1.36. The van der Waals surface area contributed by atoms with Crippen LogP contribution in [0.5, 0.6) is 5.75 Å². The van der Waals surface area contributed by atoms with Gasteiger partial charge in [-0.25, -0.2) is 9.97 Å². The second kappa shape index (κ2) is 8.25. The Bertz CT molecular complexity index is 836. The Morgan fingerprint density at radius 2 is 1.96 bits per heavy atom. The van der Waals surface area contributed by atoms with Crippen LogP contribution in [0.25, 0.3) is 0 Å². The fourth-order valence-electron chi connectivity index (χ4n) is 2.10. The number of thiazole rings is 1. The highest BCUT2D eigenvalue weighted by molar-refractivity contribution is 7.14. The Morgan fingerprint density at radius 3 is 2.76 bits per heavy atom. The molecule has 2 N–H and O–H groups in total. The highest BCUT2D eigenvalue weighted by Gasteiger charge is 2.10. The van der Waals surface area contributed by atoms with Crippen LogP contribution >= 0.6 is 11.3 Å². The minimum absolute atomic E-state index is 0.224. The minimum atomic E-state index is -0.224. The average molecular weight is 354 g/mol. The molecule has 6 nitrogen and oxygen atoms in total. The summed E-state index contributed by atoms with van der Waals surface area (Å²) in [6.45, 7) is 2.73. The SMILES string of the molecule is Cc1cccc(Nc2nc(C(=O)NCCOc3ccccc3)cs2)n1. The van der Waals surface area contributed by atoms with Crippen molar-refractivity contribution in [3.63, 3.8) is 0 Å². The van der Waals surface area contributed by atoms with Gasteiger partial charge in [-0.2, -0.15) is 0 Å². The maximum atomic E-state index is 12.1. The first kappa shape index (κ1) is 16.9. The average Bonchev–Trinajstić information content (AvgIpc) is 3.08. The normalized spacial score (nSPS) is 10.3. The Labute approximate surface area is 149 Å². The van der Waals surface area contributed by atoms with Gasteiger partial charge >= 0.3 is 0 Å².